The van der Waals surface area contributed by atoms with Crippen LogP contribution in [0.25, 0.3) is 10.9 Å². The highest BCUT2D eigenvalue weighted by Gasteiger charge is 2.28. The summed E-state index contributed by atoms with van der Waals surface area (Å²) in [6.45, 7) is 4.02. The van der Waals surface area contributed by atoms with Gasteiger partial charge in [-0.15, -0.1) is 0 Å². The van der Waals surface area contributed by atoms with Crippen LogP contribution in [0.5, 0.6) is 5.75 Å². The zero-order valence-corrected chi connectivity index (χ0v) is 18.6. The number of hydrogen-bond acceptors (Lipinski definition) is 6. The van der Waals surface area contributed by atoms with E-state index in [1.165, 1.54) is 0 Å². The highest BCUT2D eigenvalue weighted by molar-refractivity contribution is 5.94. The molecule has 1 saturated heterocycles. The molecule has 0 saturated carbocycles. The van der Waals surface area contributed by atoms with E-state index in [4.69, 9.17) is 9.94 Å². The first kappa shape index (κ1) is 22.7. The number of ether oxygens (including phenoxy) is 1. The van der Waals surface area contributed by atoms with E-state index >= 15 is 0 Å². The number of aryl methyl sites for hydroxylation is 1. The molecule has 0 aliphatic carbocycles. The normalized spacial score (nSPS) is 14.7. The molecule has 3 aromatic rings. The van der Waals surface area contributed by atoms with E-state index in [0.717, 1.165) is 48.1 Å². The van der Waals surface area contributed by atoms with Gasteiger partial charge in [0.2, 0.25) is 0 Å². The van der Waals surface area contributed by atoms with Gasteiger partial charge in [0.1, 0.15) is 18.4 Å². The number of para-hydroxylation sites is 1. The van der Waals surface area contributed by atoms with E-state index in [1.54, 1.807) is 29.7 Å². The minimum atomic E-state index is -0.595. The fourth-order valence-electron chi connectivity index (χ4n) is 4.18. The molecule has 1 aromatic heterocycles. The Hall–Kier alpha value is -3.49. The van der Waals surface area contributed by atoms with Gasteiger partial charge < -0.3 is 10.1 Å². The van der Waals surface area contributed by atoms with Crippen LogP contribution < -0.4 is 15.5 Å². The van der Waals surface area contributed by atoms with Gasteiger partial charge in [-0.2, -0.15) is 0 Å². The summed E-state index contributed by atoms with van der Waals surface area (Å²) in [5.74, 6) is -0.147. The van der Waals surface area contributed by atoms with E-state index in [2.05, 4.69) is 10.3 Å². The Morgan fingerprint density at radius 1 is 1.12 bits per heavy atom. The summed E-state index contributed by atoms with van der Waals surface area (Å²) in [5, 5.41) is 12.9. The van der Waals surface area contributed by atoms with Crippen molar-refractivity contribution in [2.24, 2.45) is 0 Å². The smallest absolute Gasteiger partial charge is 0.262 e. The molecule has 1 aliphatic heterocycles. The molecule has 4 rings (SSSR count). The number of benzene rings is 2. The number of nitrogens with one attached hydrogen (secondary N) is 2. The average Bonchev–Trinajstić information content (AvgIpc) is 3.37. The second-order valence-electron chi connectivity index (χ2n) is 8.20. The molecular weight excluding hydrogens is 420 g/mol. The van der Waals surface area contributed by atoms with Crippen LogP contribution in [0.1, 0.15) is 34.5 Å². The molecule has 33 heavy (non-hydrogen) atoms. The monoisotopic (exact) mass is 448 g/mol. The maximum absolute atomic E-state index is 12.6. The molecule has 2 amide bonds. The van der Waals surface area contributed by atoms with Crippen LogP contribution in [0.3, 0.4) is 0 Å². The van der Waals surface area contributed by atoms with Gasteiger partial charge >= 0.3 is 0 Å². The Bertz CT molecular complexity index is 1130. The first-order valence-electron chi connectivity index (χ1n) is 11.1. The fourth-order valence-corrected chi connectivity index (χ4v) is 4.18. The SMILES string of the molecule is Cc1cc(COc2ccc(C(=O)NC[C@@H](C(=O)NO)N3CCCC3)cc2)c2ccccc2n1. The minimum Gasteiger partial charge on any atom is -0.489 e. The largest absolute Gasteiger partial charge is 0.489 e. The van der Waals surface area contributed by atoms with Crippen molar-refractivity contribution in [1.29, 1.82) is 0 Å². The lowest BCUT2D eigenvalue weighted by Crippen LogP contribution is -2.51. The molecule has 8 nitrogen and oxygen atoms in total. The minimum absolute atomic E-state index is 0.123. The zero-order chi connectivity index (χ0) is 23.2. The zero-order valence-electron chi connectivity index (χ0n) is 18.6. The average molecular weight is 449 g/mol. The molecule has 2 aromatic carbocycles. The number of hydroxylamine groups is 1. The van der Waals surface area contributed by atoms with Crippen molar-refractivity contribution >= 4 is 22.7 Å². The highest BCUT2D eigenvalue weighted by atomic mass is 16.5. The van der Waals surface area contributed by atoms with Crippen molar-refractivity contribution in [2.75, 3.05) is 19.6 Å². The predicted molar refractivity (Wildman–Crippen MR) is 124 cm³/mol. The number of rotatable bonds is 8. The predicted octanol–water partition coefficient (Wildman–Crippen LogP) is 2.82. The van der Waals surface area contributed by atoms with Crippen molar-refractivity contribution in [3.8, 4) is 5.75 Å². The molecule has 8 heteroatoms. The van der Waals surface area contributed by atoms with E-state index in [-0.39, 0.29) is 12.5 Å². The van der Waals surface area contributed by atoms with Crippen LogP contribution in [0.4, 0.5) is 0 Å². The van der Waals surface area contributed by atoms with Gasteiger partial charge in [0, 0.05) is 28.8 Å². The molecule has 0 spiro atoms. The van der Waals surface area contributed by atoms with Crippen LogP contribution in [-0.4, -0.2) is 52.6 Å². The Balaban J connectivity index is 1.36. The molecule has 1 fully saturated rings. The van der Waals surface area contributed by atoms with Crippen LogP contribution >= 0.6 is 0 Å². The van der Waals surface area contributed by atoms with Gasteiger partial charge in [0.05, 0.1) is 5.52 Å². The number of aromatic nitrogens is 1. The molecule has 3 N–H and O–H groups in total. The molecule has 0 radical (unpaired) electrons. The Kier molecular flexibility index (Phi) is 7.16. The molecule has 172 valence electrons. The topological polar surface area (TPSA) is 104 Å². The first-order valence-corrected chi connectivity index (χ1v) is 11.1. The number of carbonyl (C=O) groups excluding carboxylic acids is 2. The van der Waals surface area contributed by atoms with Gasteiger partial charge in [-0.25, -0.2) is 5.48 Å². The number of pyridine rings is 1. The van der Waals surface area contributed by atoms with E-state index < -0.39 is 11.9 Å². The lowest BCUT2D eigenvalue weighted by Gasteiger charge is -2.25. The fraction of sp³-hybridized carbons (Fsp3) is 0.320. The number of nitrogens with zero attached hydrogens (tertiary/aromatic N) is 2. The summed E-state index contributed by atoms with van der Waals surface area (Å²) in [5.41, 5.74) is 5.09. The van der Waals surface area contributed by atoms with Crippen molar-refractivity contribution in [2.45, 2.75) is 32.4 Å². The maximum Gasteiger partial charge on any atom is 0.262 e. The van der Waals surface area contributed by atoms with Crippen molar-refractivity contribution in [1.82, 2.24) is 20.7 Å². The number of hydrogen-bond donors (Lipinski definition) is 3. The maximum atomic E-state index is 12.6. The quantitative estimate of drug-likeness (QED) is 0.362. The number of likely N-dealkylation sites (tertiary alicyclic amines) is 1. The summed E-state index contributed by atoms with van der Waals surface area (Å²) in [6, 6.07) is 16.3. The second kappa shape index (κ2) is 10.4. The number of fused-ring (bicyclic) bond motifs is 1. The molecule has 0 bridgehead atoms. The summed E-state index contributed by atoms with van der Waals surface area (Å²) in [7, 11) is 0. The Morgan fingerprint density at radius 2 is 1.85 bits per heavy atom. The Morgan fingerprint density at radius 3 is 2.58 bits per heavy atom. The third-order valence-electron chi connectivity index (χ3n) is 5.89. The third kappa shape index (κ3) is 5.47. The highest BCUT2D eigenvalue weighted by Crippen LogP contribution is 2.21. The molecule has 1 atom stereocenters. The molecule has 2 heterocycles. The molecular formula is C25H28N4O4. The molecule has 1 aliphatic rings. The van der Waals surface area contributed by atoms with Crippen molar-refractivity contribution < 1.29 is 19.5 Å². The molecule has 0 unspecified atom stereocenters. The first-order chi connectivity index (χ1) is 16.0. The number of carbonyl (C=O) groups is 2. The Labute approximate surface area is 192 Å². The van der Waals surface area contributed by atoms with Crippen LogP contribution in [0.15, 0.2) is 54.6 Å². The summed E-state index contributed by atoms with van der Waals surface area (Å²) in [4.78, 5) is 31.1. The summed E-state index contributed by atoms with van der Waals surface area (Å²) < 4.78 is 5.95. The van der Waals surface area contributed by atoms with Crippen molar-refractivity contribution in [3.63, 3.8) is 0 Å². The van der Waals surface area contributed by atoms with Crippen LogP contribution in [-0.2, 0) is 11.4 Å². The standard InChI is InChI=1S/C25H28N4O4/c1-17-14-19(21-6-2-3-7-22(21)27-17)16-33-20-10-8-18(9-11-20)24(30)26-15-23(25(31)28-32)29-12-4-5-13-29/h2-3,6-11,14,23,32H,4-5,12-13,15-16H2,1H3,(H,26,30)(H,28,31)/t23-/m0/s1. The van der Waals surface area contributed by atoms with Crippen LogP contribution in [0.2, 0.25) is 0 Å². The lowest BCUT2D eigenvalue weighted by atomic mass is 10.1. The second-order valence-corrected chi connectivity index (χ2v) is 8.20. The van der Waals surface area contributed by atoms with Gasteiger partial charge in [-0.1, -0.05) is 18.2 Å². The van der Waals surface area contributed by atoms with E-state index in [0.29, 0.717) is 17.9 Å². The summed E-state index contributed by atoms with van der Waals surface area (Å²) >= 11 is 0. The number of amides is 2. The van der Waals surface area contributed by atoms with Gasteiger partial charge in [0.15, 0.2) is 0 Å². The van der Waals surface area contributed by atoms with Gasteiger partial charge in [-0.3, -0.25) is 24.7 Å². The van der Waals surface area contributed by atoms with E-state index in [1.807, 2.05) is 42.2 Å². The summed E-state index contributed by atoms with van der Waals surface area (Å²) in [6.07, 6.45) is 2.00. The lowest BCUT2D eigenvalue weighted by molar-refractivity contribution is -0.134. The van der Waals surface area contributed by atoms with E-state index in [9.17, 15) is 9.59 Å². The van der Waals surface area contributed by atoms with Gasteiger partial charge in [-0.05, 0) is 69.3 Å². The van der Waals surface area contributed by atoms with Crippen molar-refractivity contribution in [3.05, 3.63) is 71.4 Å². The van der Waals surface area contributed by atoms with Crippen LogP contribution in [0, 0.1) is 6.92 Å². The van der Waals surface area contributed by atoms with Gasteiger partial charge in [0.25, 0.3) is 11.8 Å². The third-order valence-corrected chi connectivity index (χ3v) is 5.89.